The molecule has 1 saturated heterocycles. The van der Waals surface area contributed by atoms with E-state index in [4.69, 9.17) is 10.5 Å². The number of carbonyl (C=O) groups is 1. The zero-order valence-corrected chi connectivity index (χ0v) is 14.6. The second-order valence-electron chi connectivity index (χ2n) is 6.55. The number of ether oxygens (including phenoxy) is 2. The Balaban J connectivity index is 0.00000225. The quantitative estimate of drug-likeness (QED) is 0.731. The van der Waals surface area contributed by atoms with Gasteiger partial charge in [-0.05, 0) is 48.8 Å². The van der Waals surface area contributed by atoms with Crippen molar-refractivity contribution in [2.45, 2.75) is 44.3 Å². The van der Waals surface area contributed by atoms with E-state index in [2.05, 4.69) is 10.1 Å². The number of carbonyl (C=O) groups excluding carboxylic acids is 1. The highest BCUT2D eigenvalue weighted by atomic mass is 35.5. The number of rotatable bonds is 8. The van der Waals surface area contributed by atoms with E-state index in [1.54, 1.807) is 12.1 Å². The van der Waals surface area contributed by atoms with Gasteiger partial charge in [0.1, 0.15) is 0 Å². The zero-order chi connectivity index (χ0) is 17.1. The maximum absolute atomic E-state index is 12.6. The number of halogens is 3. The van der Waals surface area contributed by atoms with E-state index >= 15 is 0 Å². The summed E-state index contributed by atoms with van der Waals surface area (Å²) in [5, 5.41) is 3.27. The van der Waals surface area contributed by atoms with Crippen molar-refractivity contribution < 1.29 is 23.0 Å². The van der Waals surface area contributed by atoms with Gasteiger partial charge in [-0.25, -0.2) is 0 Å². The summed E-state index contributed by atoms with van der Waals surface area (Å²) in [5.41, 5.74) is 6.22. The van der Waals surface area contributed by atoms with Crippen LogP contribution in [-0.4, -0.2) is 31.7 Å². The third-order valence-corrected chi connectivity index (χ3v) is 4.50. The number of primary amides is 1. The van der Waals surface area contributed by atoms with Crippen molar-refractivity contribution in [3.63, 3.8) is 0 Å². The van der Waals surface area contributed by atoms with Crippen LogP contribution in [0.2, 0.25) is 0 Å². The molecule has 1 unspecified atom stereocenters. The van der Waals surface area contributed by atoms with Gasteiger partial charge in [0.05, 0.1) is 6.61 Å². The van der Waals surface area contributed by atoms with Crippen LogP contribution < -0.4 is 20.5 Å². The largest absolute Gasteiger partial charge is 0.489 e. The van der Waals surface area contributed by atoms with E-state index < -0.39 is 6.61 Å². The third-order valence-electron chi connectivity index (χ3n) is 4.50. The van der Waals surface area contributed by atoms with Gasteiger partial charge in [0.2, 0.25) is 5.91 Å². The first kappa shape index (κ1) is 19.7. The van der Waals surface area contributed by atoms with Crippen LogP contribution in [0.25, 0.3) is 0 Å². The number of hydrogen-bond acceptors (Lipinski definition) is 4. The Kier molecular flexibility index (Phi) is 6.84. The lowest BCUT2D eigenvalue weighted by Gasteiger charge is -2.16. The van der Waals surface area contributed by atoms with Crippen LogP contribution >= 0.6 is 12.4 Å². The van der Waals surface area contributed by atoms with Gasteiger partial charge in [-0.2, -0.15) is 8.78 Å². The van der Waals surface area contributed by atoms with Crippen molar-refractivity contribution >= 4 is 18.3 Å². The van der Waals surface area contributed by atoms with Crippen LogP contribution in [0.1, 0.15) is 37.2 Å². The van der Waals surface area contributed by atoms with E-state index in [0.29, 0.717) is 24.7 Å². The first-order chi connectivity index (χ1) is 11.5. The average Bonchev–Trinajstić information content (AvgIpc) is 3.23. The Bertz CT molecular complexity index is 599. The van der Waals surface area contributed by atoms with Crippen LogP contribution in [0.3, 0.4) is 0 Å². The number of hydrogen-bond donors (Lipinski definition) is 2. The number of nitrogens with one attached hydrogen (secondary N) is 1. The fourth-order valence-corrected chi connectivity index (χ4v) is 3.05. The predicted molar refractivity (Wildman–Crippen MR) is 91.5 cm³/mol. The lowest BCUT2D eigenvalue weighted by Crippen LogP contribution is -2.27. The van der Waals surface area contributed by atoms with E-state index in [-0.39, 0.29) is 36.0 Å². The minimum atomic E-state index is -2.88. The Labute approximate surface area is 151 Å². The van der Waals surface area contributed by atoms with Crippen LogP contribution in [-0.2, 0) is 4.79 Å². The van der Waals surface area contributed by atoms with Crippen molar-refractivity contribution in [1.82, 2.24) is 5.32 Å². The van der Waals surface area contributed by atoms with Crippen LogP contribution in [0.4, 0.5) is 8.78 Å². The molecule has 5 nitrogen and oxygen atoms in total. The third kappa shape index (κ3) is 5.71. The van der Waals surface area contributed by atoms with Gasteiger partial charge in [0, 0.05) is 19.0 Å². The summed E-state index contributed by atoms with van der Waals surface area (Å²) in [6.07, 6.45) is 3.31. The van der Waals surface area contributed by atoms with Crippen LogP contribution in [0.15, 0.2) is 18.2 Å². The molecular formula is C17H23ClF2N2O3. The van der Waals surface area contributed by atoms with Crippen molar-refractivity contribution in [2.75, 3.05) is 13.2 Å². The summed E-state index contributed by atoms with van der Waals surface area (Å²) >= 11 is 0. The van der Waals surface area contributed by atoms with Gasteiger partial charge in [-0.15, -0.1) is 12.4 Å². The summed E-state index contributed by atoms with van der Waals surface area (Å²) in [7, 11) is 0. The molecule has 2 atom stereocenters. The van der Waals surface area contributed by atoms with Gasteiger partial charge >= 0.3 is 6.61 Å². The zero-order valence-electron chi connectivity index (χ0n) is 13.8. The monoisotopic (exact) mass is 376 g/mol. The summed E-state index contributed by atoms with van der Waals surface area (Å²) in [5.74, 6) is 0.800. The van der Waals surface area contributed by atoms with Crippen LogP contribution in [0, 0.1) is 5.92 Å². The molecule has 1 amide bonds. The fourth-order valence-electron chi connectivity index (χ4n) is 3.05. The van der Waals surface area contributed by atoms with Crippen molar-refractivity contribution in [3.05, 3.63) is 23.8 Å². The molecular weight excluding hydrogens is 354 g/mol. The molecule has 0 bridgehead atoms. The molecule has 25 heavy (non-hydrogen) atoms. The van der Waals surface area contributed by atoms with Gasteiger partial charge in [-0.3, -0.25) is 4.79 Å². The standard InChI is InChI=1S/C17H22F2N2O3.ClH/c18-17(19)24-14-4-3-11(6-15(14)23-9-10-1-2-10)12-5-13(21-8-12)7-16(20)22;/h3-4,6,10,12-13,17,21H,1-2,5,7-9H2,(H2,20,22);1H/t12?,13-;/m0./s1. The molecule has 2 aliphatic rings. The lowest BCUT2D eigenvalue weighted by atomic mass is 9.95. The van der Waals surface area contributed by atoms with Gasteiger partial charge in [0.15, 0.2) is 11.5 Å². The molecule has 140 valence electrons. The molecule has 0 spiro atoms. The molecule has 1 heterocycles. The van der Waals surface area contributed by atoms with Gasteiger partial charge in [0.25, 0.3) is 0 Å². The highest BCUT2D eigenvalue weighted by molar-refractivity contribution is 5.85. The van der Waals surface area contributed by atoms with Crippen molar-refractivity contribution in [3.8, 4) is 11.5 Å². The average molecular weight is 377 g/mol. The molecule has 0 aromatic heterocycles. The maximum atomic E-state index is 12.6. The molecule has 2 fully saturated rings. The fraction of sp³-hybridized carbons (Fsp3) is 0.588. The Hall–Kier alpha value is -1.60. The Morgan fingerprint density at radius 3 is 2.72 bits per heavy atom. The highest BCUT2D eigenvalue weighted by Crippen LogP contribution is 2.37. The number of amides is 1. The lowest BCUT2D eigenvalue weighted by molar-refractivity contribution is -0.118. The topological polar surface area (TPSA) is 73.6 Å². The normalized spacial score (nSPS) is 22.5. The second kappa shape index (κ2) is 8.67. The summed E-state index contributed by atoms with van der Waals surface area (Å²) in [4.78, 5) is 11.0. The predicted octanol–water partition coefficient (Wildman–Crippen LogP) is 2.82. The molecule has 1 saturated carbocycles. The van der Waals surface area contributed by atoms with Crippen LogP contribution in [0.5, 0.6) is 11.5 Å². The minimum Gasteiger partial charge on any atom is -0.489 e. The summed E-state index contributed by atoms with van der Waals surface area (Å²) in [6, 6.07) is 5.14. The summed E-state index contributed by atoms with van der Waals surface area (Å²) in [6.45, 7) is -1.64. The van der Waals surface area contributed by atoms with Gasteiger partial charge < -0.3 is 20.5 Å². The van der Waals surface area contributed by atoms with E-state index in [1.807, 2.05) is 0 Å². The highest BCUT2D eigenvalue weighted by Gasteiger charge is 2.28. The van der Waals surface area contributed by atoms with E-state index in [9.17, 15) is 13.6 Å². The van der Waals surface area contributed by atoms with E-state index in [1.165, 1.54) is 6.07 Å². The molecule has 1 aliphatic heterocycles. The smallest absolute Gasteiger partial charge is 0.387 e. The summed E-state index contributed by atoms with van der Waals surface area (Å²) < 4.78 is 35.4. The SMILES string of the molecule is Cl.NC(=O)C[C@@H]1CC(c2ccc(OC(F)F)c(OCC3CC3)c2)CN1. The van der Waals surface area contributed by atoms with Crippen molar-refractivity contribution in [2.24, 2.45) is 11.7 Å². The second-order valence-corrected chi connectivity index (χ2v) is 6.55. The first-order valence-electron chi connectivity index (χ1n) is 8.24. The molecule has 1 aromatic rings. The molecule has 0 radical (unpaired) electrons. The molecule has 3 rings (SSSR count). The van der Waals surface area contributed by atoms with Gasteiger partial charge in [-0.1, -0.05) is 6.07 Å². The number of alkyl halides is 2. The molecule has 3 N–H and O–H groups in total. The van der Waals surface area contributed by atoms with E-state index in [0.717, 1.165) is 31.4 Å². The Morgan fingerprint density at radius 2 is 2.08 bits per heavy atom. The number of benzene rings is 1. The molecule has 8 heteroatoms. The maximum Gasteiger partial charge on any atom is 0.387 e. The molecule has 1 aromatic carbocycles. The number of nitrogens with two attached hydrogens (primary N) is 1. The minimum absolute atomic E-state index is 0. The first-order valence-corrected chi connectivity index (χ1v) is 8.24. The van der Waals surface area contributed by atoms with Crippen molar-refractivity contribution in [1.29, 1.82) is 0 Å². The molecule has 1 aliphatic carbocycles. The Morgan fingerprint density at radius 1 is 1.32 bits per heavy atom.